The minimum atomic E-state index is -0.269. The van der Waals surface area contributed by atoms with Gasteiger partial charge in [0.25, 0.3) is 5.91 Å². The molecular weight excluding hydrogens is 232 g/mol. The molecule has 4 N–H and O–H groups in total. The van der Waals surface area contributed by atoms with Gasteiger partial charge in [-0.3, -0.25) is 9.89 Å². The van der Waals surface area contributed by atoms with E-state index in [0.717, 1.165) is 17.9 Å². The Balaban J connectivity index is 1.89. The summed E-state index contributed by atoms with van der Waals surface area (Å²) in [7, 11) is 0. The fourth-order valence-corrected chi connectivity index (χ4v) is 1.67. The van der Waals surface area contributed by atoms with Gasteiger partial charge in [-0.05, 0) is 18.6 Å². The minimum absolute atomic E-state index is 0.256. The Morgan fingerprint density at radius 1 is 1.61 bits per heavy atom. The monoisotopic (exact) mass is 248 g/mol. The first-order valence-electron chi connectivity index (χ1n) is 5.85. The Hall–Kier alpha value is -2.24. The lowest BCUT2D eigenvalue weighted by molar-refractivity contribution is 0.0949. The Kier molecular flexibility index (Phi) is 3.66. The summed E-state index contributed by atoms with van der Waals surface area (Å²) in [5, 5.41) is 9.42. The Bertz CT molecular complexity index is 516. The van der Waals surface area contributed by atoms with Crippen LogP contribution in [-0.2, 0) is 12.8 Å². The summed E-state index contributed by atoms with van der Waals surface area (Å²) in [4.78, 5) is 11.8. The molecule has 0 saturated carbocycles. The molecule has 6 nitrogen and oxygen atoms in total. The highest BCUT2D eigenvalue weighted by Crippen LogP contribution is 2.13. The molecule has 2 rings (SSSR count). The summed E-state index contributed by atoms with van der Waals surface area (Å²) in [5.74, 6) is 0.564. The van der Waals surface area contributed by atoms with Gasteiger partial charge in [0.2, 0.25) is 0 Å². The maximum Gasteiger partial charge on any atom is 0.273 e. The number of carbonyl (C=O) groups is 1. The number of aromatic nitrogens is 2. The Labute approximate surface area is 105 Å². The molecule has 1 amide bonds. The van der Waals surface area contributed by atoms with Crippen LogP contribution in [-0.4, -0.2) is 22.6 Å². The number of furan rings is 1. The third kappa shape index (κ3) is 2.53. The molecule has 0 atom stereocenters. The van der Waals surface area contributed by atoms with E-state index in [2.05, 4.69) is 15.5 Å². The predicted molar refractivity (Wildman–Crippen MR) is 67.1 cm³/mol. The van der Waals surface area contributed by atoms with Gasteiger partial charge >= 0.3 is 0 Å². The van der Waals surface area contributed by atoms with Crippen molar-refractivity contribution < 1.29 is 9.21 Å². The zero-order valence-corrected chi connectivity index (χ0v) is 10.2. The van der Waals surface area contributed by atoms with Gasteiger partial charge in [0.1, 0.15) is 5.76 Å². The molecule has 0 fully saturated rings. The van der Waals surface area contributed by atoms with Crippen LogP contribution < -0.4 is 11.1 Å². The summed E-state index contributed by atoms with van der Waals surface area (Å²) in [5.41, 5.74) is 7.27. The van der Waals surface area contributed by atoms with E-state index < -0.39 is 0 Å². The minimum Gasteiger partial charge on any atom is -0.469 e. The van der Waals surface area contributed by atoms with Gasteiger partial charge in [-0.15, -0.1) is 0 Å². The summed E-state index contributed by atoms with van der Waals surface area (Å²) in [6, 6.07) is 3.68. The van der Waals surface area contributed by atoms with Gasteiger partial charge in [-0.1, -0.05) is 6.92 Å². The average molecular weight is 248 g/mol. The van der Waals surface area contributed by atoms with E-state index >= 15 is 0 Å². The lowest BCUT2D eigenvalue weighted by Gasteiger charge is -2.02. The zero-order valence-electron chi connectivity index (χ0n) is 10.2. The number of anilines is 1. The van der Waals surface area contributed by atoms with Crippen molar-refractivity contribution in [1.29, 1.82) is 0 Å². The van der Waals surface area contributed by atoms with E-state index in [9.17, 15) is 4.79 Å². The molecule has 0 aliphatic carbocycles. The largest absolute Gasteiger partial charge is 0.469 e. The van der Waals surface area contributed by atoms with Gasteiger partial charge in [0.05, 0.1) is 17.6 Å². The second-order valence-corrected chi connectivity index (χ2v) is 3.90. The van der Waals surface area contributed by atoms with Gasteiger partial charge in [0, 0.05) is 13.0 Å². The van der Waals surface area contributed by atoms with Crippen LogP contribution in [0.3, 0.4) is 0 Å². The first-order valence-corrected chi connectivity index (χ1v) is 5.85. The molecule has 18 heavy (non-hydrogen) atoms. The average Bonchev–Trinajstić information content (AvgIpc) is 2.98. The Morgan fingerprint density at radius 3 is 3.06 bits per heavy atom. The molecule has 6 heteroatoms. The maximum absolute atomic E-state index is 11.8. The molecule has 0 aliphatic rings. The molecule has 2 aromatic heterocycles. The standard InChI is InChI=1S/C12H16N4O2/c1-2-9-10(13)11(16-15-9)12(17)14-6-5-8-4-3-7-18-8/h3-4,7H,2,5-6,13H2,1H3,(H,14,17)(H,15,16). The fraction of sp³-hybridized carbons (Fsp3) is 0.333. The van der Waals surface area contributed by atoms with E-state index in [0.29, 0.717) is 18.7 Å². The van der Waals surface area contributed by atoms with Gasteiger partial charge in [-0.25, -0.2) is 0 Å². The maximum atomic E-state index is 11.8. The second kappa shape index (κ2) is 5.39. The first kappa shape index (κ1) is 12.2. The van der Waals surface area contributed by atoms with Crippen molar-refractivity contribution in [3.8, 4) is 0 Å². The quantitative estimate of drug-likeness (QED) is 0.738. The topological polar surface area (TPSA) is 96.9 Å². The van der Waals surface area contributed by atoms with Crippen LogP contribution in [0.4, 0.5) is 5.69 Å². The SMILES string of the molecule is CCc1[nH]nc(C(=O)NCCc2ccco2)c1N. The highest BCUT2D eigenvalue weighted by molar-refractivity contribution is 5.97. The first-order chi connectivity index (χ1) is 8.72. The number of aromatic amines is 1. The van der Waals surface area contributed by atoms with E-state index in [1.165, 1.54) is 0 Å². The van der Waals surface area contributed by atoms with Crippen LogP contribution in [0.15, 0.2) is 22.8 Å². The van der Waals surface area contributed by atoms with Crippen molar-refractivity contribution in [3.63, 3.8) is 0 Å². The van der Waals surface area contributed by atoms with Crippen molar-refractivity contribution in [2.45, 2.75) is 19.8 Å². The summed E-state index contributed by atoms with van der Waals surface area (Å²) < 4.78 is 5.17. The fourth-order valence-electron chi connectivity index (χ4n) is 1.67. The van der Waals surface area contributed by atoms with Crippen LogP contribution >= 0.6 is 0 Å². The highest BCUT2D eigenvalue weighted by Gasteiger charge is 2.15. The van der Waals surface area contributed by atoms with Crippen LogP contribution in [0.1, 0.15) is 28.9 Å². The highest BCUT2D eigenvalue weighted by atomic mass is 16.3. The summed E-state index contributed by atoms with van der Waals surface area (Å²) >= 11 is 0. The molecule has 0 unspecified atom stereocenters. The molecule has 0 saturated heterocycles. The van der Waals surface area contributed by atoms with E-state index in [1.807, 2.05) is 19.1 Å². The molecular formula is C12H16N4O2. The number of nitrogens with one attached hydrogen (secondary N) is 2. The van der Waals surface area contributed by atoms with Crippen molar-refractivity contribution >= 4 is 11.6 Å². The number of hydrogen-bond acceptors (Lipinski definition) is 4. The van der Waals surface area contributed by atoms with Gasteiger partial charge in [-0.2, -0.15) is 5.10 Å². The molecule has 96 valence electrons. The molecule has 0 radical (unpaired) electrons. The van der Waals surface area contributed by atoms with Crippen LogP contribution in [0.5, 0.6) is 0 Å². The number of hydrogen-bond donors (Lipinski definition) is 3. The number of aryl methyl sites for hydroxylation is 1. The zero-order chi connectivity index (χ0) is 13.0. The third-order valence-electron chi connectivity index (χ3n) is 2.69. The normalized spacial score (nSPS) is 10.5. The van der Waals surface area contributed by atoms with Crippen LogP contribution in [0, 0.1) is 0 Å². The number of nitrogens with zero attached hydrogens (tertiary/aromatic N) is 1. The molecule has 0 bridgehead atoms. The van der Waals surface area contributed by atoms with Crippen molar-refractivity contribution in [2.75, 3.05) is 12.3 Å². The summed E-state index contributed by atoms with van der Waals surface area (Å²) in [6.07, 6.45) is 2.97. The van der Waals surface area contributed by atoms with E-state index in [-0.39, 0.29) is 11.6 Å². The van der Waals surface area contributed by atoms with Crippen molar-refractivity contribution in [1.82, 2.24) is 15.5 Å². The number of rotatable bonds is 5. The lowest BCUT2D eigenvalue weighted by atomic mass is 10.2. The Morgan fingerprint density at radius 2 is 2.44 bits per heavy atom. The molecule has 2 heterocycles. The molecule has 0 aromatic carbocycles. The van der Waals surface area contributed by atoms with Gasteiger partial charge < -0.3 is 15.5 Å². The molecule has 0 aliphatic heterocycles. The van der Waals surface area contributed by atoms with Crippen LogP contribution in [0.2, 0.25) is 0 Å². The molecule has 2 aromatic rings. The number of nitrogens with two attached hydrogens (primary N) is 1. The number of nitrogen functional groups attached to an aromatic ring is 1. The van der Waals surface area contributed by atoms with E-state index in [4.69, 9.17) is 10.2 Å². The third-order valence-corrected chi connectivity index (χ3v) is 2.69. The van der Waals surface area contributed by atoms with Crippen molar-refractivity contribution in [2.24, 2.45) is 0 Å². The predicted octanol–water partition coefficient (Wildman–Crippen LogP) is 1.12. The number of amides is 1. The number of H-pyrrole nitrogens is 1. The number of carbonyl (C=O) groups excluding carboxylic acids is 1. The second-order valence-electron chi connectivity index (χ2n) is 3.90. The van der Waals surface area contributed by atoms with Crippen LogP contribution in [0.25, 0.3) is 0 Å². The smallest absolute Gasteiger partial charge is 0.273 e. The summed E-state index contributed by atoms with van der Waals surface area (Å²) in [6.45, 7) is 2.43. The molecule has 0 spiro atoms. The van der Waals surface area contributed by atoms with E-state index in [1.54, 1.807) is 6.26 Å². The van der Waals surface area contributed by atoms with Gasteiger partial charge in [0.15, 0.2) is 5.69 Å². The van der Waals surface area contributed by atoms with Crippen molar-refractivity contribution in [3.05, 3.63) is 35.5 Å². The lowest BCUT2D eigenvalue weighted by Crippen LogP contribution is -2.26.